The molecule has 1 aliphatic heterocycles. The molecule has 3 heterocycles. The molecule has 0 saturated carbocycles. The third kappa shape index (κ3) is 3.70. The molecule has 0 aliphatic carbocycles. The lowest BCUT2D eigenvalue weighted by atomic mass is 10.1. The van der Waals surface area contributed by atoms with Crippen LogP contribution in [0.1, 0.15) is 28.0 Å². The normalized spacial score (nSPS) is 16.2. The van der Waals surface area contributed by atoms with Gasteiger partial charge in [-0.3, -0.25) is 9.59 Å². The van der Waals surface area contributed by atoms with Gasteiger partial charge in [0.1, 0.15) is 10.8 Å². The van der Waals surface area contributed by atoms with E-state index in [0.29, 0.717) is 16.3 Å². The first-order chi connectivity index (χ1) is 13.3. The average Bonchev–Trinajstić information content (AvgIpc) is 3.33. The molecule has 0 bridgehead atoms. The van der Waals surface area contributed by atoms with Crippen LogP contribution in [0.25, 0.3) is 10.4 Å². The zero-order valence-corrected chi connectivity index (χ0v) is 15.1. The third-order valence-corrected chi connectivity index (χ3v) is 5.45. The molecular weight excluding hydrogens is 393 g/mol. The van der Waals surface area contributed by atoms with Crippen molar-refractivity contribution in [2.24, 2.45) is 0 Å². The van der Waals surface area contributed by atoms with Gasteiger partial charge in [0.05, 0.1) is 23.0 Å². The molecule has 9 heteroatoms. The van der Waals surface area contributed by atoms with Gasteiger partial charge < -0.3 is 9.30 Å². The van der Waals surface area contributed by atoms with Crippen LogP contribution in [-0.2, 0) is 11.2 Å². The van der Waals surface area contributed by atoms with Crippen LogP contribution in [0.3, 0.4) is 0 Å². The Morgan fingerprint density at radius 1 is 1.25 bits per heavy atom. The Morgan fingerprint density at radius 2 is 2.00 bits per heavy atom. The molecule has 2 aromatic heterocycles. The van der Waals surface area contributed by atoms with E-state index in [1.165, 1.54) is 35.6 Å². The maximum Gasteiger partial charge on any atom is 0.573 e. The second-order valence-corrected chi connectivity index (χ2v) is 7.39. The van der Waals surface area contributed by atoms with Gasteiger partial charge in [0.2, 0.25) is 0 Å². The Balaban J connectivity index is 1.45. The van der Waals surface area contributed by atoms with E-state index in [1.807, 2.05) is 0 Å². The van der Waals surface area contributed by atoms with Crippen molar-refractivity contribution in [3.05, 3.63) is 59.5 Å². The molecule has 5 nitrogen and oxygen atoms in total. The van der Waals surface area contributed by atoms with Gasteiger partial charge in [0.15, 0.2) is 11.6 Å². The van der Waals surface area contributed by atoms with Gasteiger partial charge in [0.25, 0.3) is 0 Å². The molecule has 0 N–H and O–H groups in total. The number of nitrogens with zero attached hydrogens (tertiary/aromatic N) is 2. The summed E-state index contributed by atoms with van der Waals surface area (Å²) >= 11 is 1.29. The van der Waals surface area contributed by atoms with E-state index in [9.17, 15) is 22.8 Å². The monoisotopic (exact) mass is 406 g/mol. The molecule has 0 amide bonds. The van der Waals surface area contributed by atoms with E-state index >= 15 is 0 Å². The fourth-order valence-corrected chi connectivity index (χ4v) is 4.10. The number of benzene rings is 1. The van der Waals surface area contributed by atoms with E-state index < -0.39 is 12.4 Å². The first kappa shape index (κ1) is 18.4. The average molecular weight is 406 g/mol. The van der Waals surface area contributed by atoms with Crippen LogP contribution in [0.5, 0.6) is 5.75 Å². The number of ketones is 2. The third-order valence-electron chi connectivity index (χ3n) is 4.40. The van der Waals surface area contributed by atoms with Gasteiger partial charge in [0, 0.05) is 18.8 Å². The zero-order chi connectivity index (χ0) is 19.9. The Labute approximate surface area is 161 Å². The van der Waals surface area contributed by atoms with Crippen molar-refractivity contribution in [3.63, 3.8) is 0 Å². The SMILES string of the molecule is O=C1CC(C(=O)Cc2ncc(-c3ccc(OC(F)(F)F)cc3)s2)n2cccc21. The maximum atomic E-state index is 12.6. The highest BCUT2D eigenvalue weighted by Gasteiger charge is 2.33. The number of rotatable bonds is 5. The highest BCUT2D eigenvalue weighted by Crippen LogP contribution is 2.32. The quantitative estimate of drug-likeness (QED) is 0.628. The number of thiazole rings is 1. The predicted octanol–water partition coefficient (Wildman–Crippen LogP) is 4.45. The first-order valence-electron chi connectivity index (χ1n) is 8.34. The van der Waals surface area contributed by atoms with Crippen molar-refractivity contribution < 1.29 is 27.5 Å². The molecule has 1 aliphatic rings. The van der Waals surface area contributed by atoms with Gasteiger partial charge in [-0.05, 0) is 42.0 Å². The zero-order valence-electron chi connectivity index (χ0n) is 14.3. The Morgan fingerprint density at radius 3 is 2.71 bits per heavy atom. The van der Waals surface area contributed by atoms with Crippen LogP contribution >= 0.6 is 11.3 Å². The van der Waals surface area contributed by atoms with E-state index in [2.05, 4.69) is 9.72 Å². The summed E-state index contributed by atoms with van der Waals surface area (Å²) in [5, 5.41) is 0.587. The summed E-state index contributed by atoms with van der Waals surface area (Å²) in [6, 6.07) is 8.38. The number of halogens is 3. The summed E-state index contributed by atoms with van der Waals surface area (Å²) in [6.45, 7) is 0. The van der Waals surface area contributed by atoms with Crippen LogP contribution in [0.4, 0.5) is 13.2 Å². The molecule has 0 fully saturated rings. The maximum absolute atomic E-state index is 12.6. The van der Waals surface area contributed by atoms with E-state index in [1.54, 1.807) is 29.1 Å². The summed E-state index contributed by atoms with van der Waals surface area (Å²) in [5.74, 6) is -0.452. The van der Waals surface area contributed by atoms with Crippen molar-refractivity contribution in [3.8, 4) is 16.2 Å². The Hall–Kier alpha value is -2.94. The molecule has 28 heavy (non-hydrogen) atoms. The van der Waals surface area contributed by atoms with Gasteiger partial charge in [-0.25, -0.2) is 4.98 Å². The largest absolute Gasteiger partial charge is 0.573 e. The van der Waals surface area contributed by atoms with Crippen molar-refractivity contribution in [2.45, 2.75) is 25.2 Å². The smallest absolute Gasteiger partial charge is 0.406 e. The number of ether oxygens (including phenoxy) is 1. The van der Waals surface area contributed by atoms with E-state index in [-0.39, 0.29) is 30.2 Å². The molecule has 1 unspecified atom stereocenters. The molecule has 144 valence electrons. The van der Waals surface area contributed by atoms with Crippen molar-refractivity contribution >= 4 is 22.9 Å². The minimum atomic E-state index is -4.74. The summed E-state index contributed by atoms with van der Waals surface area (Å²) in [4.78, 5) is 29.5. The molecule has 3 aromatic rings. The first-order valence-corrected chi connectivity index (χ1v) is 9.15. The molecule has 4 rings (SSSR count). The lowest BCUT2D eigenvalue weighted by molar-refractivity contribution is -0.274. The lowest BCUT2D eigenvalue weighted by Gasteiger charge is -2.10. The summed E-state index contributed by atoms with van der Waals surface area (Å²) in [6.07, 6.45) is -1.18. The van der Waals surface area contributed by atoms with E-state index in [4.69, 9.17) is 0 Å². The summed E-state index contributed by atoms with van der Waals surface area (Å²) < 4.78 is 42.2. The summed E-state index contributed by atoms with van der Waals surface area (Å²) in [7, 11) is 0. The van der Waals surface area contributed by atoms with Crippen molar-refractivity contribution in [2.75, 3.05) is 0 Å². The molecular formula is C19H13F3N2O3S. The molecule has 1 aromatic carbocycles. The van der Waals surface area contributed by atoms with Crippen LogP contribution in [0.15, 0.2) is 48.8 Å². The lowest BCUT2D eigenvalue weighted by Crippen LogP contribution is -2.17. The van der Waals surface area contributed by atoms with E-state index in [0.717, 1.165) is 4.88 Å². The minimum Gasteiger partial charge on any atom is -0.406 e. The topological polar surface area (TPSA) is 61.2 Å². The number of aromatic nitrogens is 2. The Kier molecular flexibility index (Phi) is 4.54. The highest BCUT2D eigenvalue weighted by molar-refractivity contribution is 7.15. The number of fused-ring (bicyclic) bond motifs is 1. The van der Waals surface area contributed by atoms with Crippen LogP contribution in [0, 0.1) is 0 Å². The van der Waals surface area contributed by atoms with Gasteiger partial charge in [-0.1, -0.05) is 0 Å². The number of carbonyl (C=O) groups is 2. The second kappa shape index (κ2) is 6.90. The highest BCUT2D eigenvalue weighted by atomic mass is 32.1. The number of Topliss-reactive ketones (excluding diaryl/α,β-unsaturated/α-hetero) is 2. The molecule has 0 spiro atoms. The summed E-state index contributed by atoms with van der Waals surface area (Å²) in [5.41, 5.74) is 1.22. The number of hydrogen-bond donors (Lipinski definition) is 0. The van der Waals surface area contributed by atoms with Gasteiger partial charge in [-0.2, -0.15) is 0 Å². The molecule has 0 radical (unpaired) electrons. The van der Waals surface area contributed by atoms with Gasteiger partial charge in [-0.15, -0.1) is 24.5 Å². The number of alkyl halides is 3. The fourth-order valence-electron chi connectivity index (χ4n) is 3.16. The van der Waals surface area contributed by atoms with Crippen LogP contribution in [0.2, 0.25) is 0 Å². The molecule has 1 atom stereocenters. The second-order valence-electron chi connectivity index (χ2n) is 6.28. The number of carbonyl (C=O) groups excluding carboxylic acids is 2. The minimum absolute atomic E-state index is 0.0515. The molecule has 0 saturated heterocycles. The Bertz CT molecular complexity index is 1040. The fraction of sp³-hybridized carbons (Fsp3) is 0.211. The van der Waals surface area contributed by atoms with Crippen LogP contribution in [-0.4, -0.2) is 27.5 Å². The van der Waals surface area contributed by atoms with Crippen LogP contribution < -0.4 is 4.74 Å². The predicted molar refractivity (Wildman–Crippen MR) is 95.4 cm³/mol. The van der Waals surface area contributed by atoms with Gasteiger partial charge >= 0.3 is 6.36 Å². The van der Waals surface area contributed by atoms with Crippen molar-refractivity contribution in [1.82, 2.24) is 9.55 Å². The number of hydrogen-bond acceptors (Lipinski definition) is 5. The van der Waals surface area contributed by atoms with Crippen molar-refractivity contribution in [1.29, 1.82) is 0 Å². The standard InChI is InChI=1S/C19H13F3N2O3S/c20-19(21,22)27-12-5-3-11(4-6-12)17-10-23-18(28-17)9-16(26)14-8-15(25)13-2-1-7-24(13)14/h1-7,10,14H,8-9H2.